The number of aliphatic hydroxyl groups excluding tert-OH is 1. The fourth-order valence-electron chi connectivity index (χ4n) is 1.52. The van der Waals surface area contributed by atoms with Gasteiger partial charge in [-0.15, -0.1) is 0 Å². The fraction of sp³-hybridized carbons (Fsp3) is 0.857. The van der Waals surface area contributed by atoms with Crippen molar-refractivity contribution in [2.45, 2.75) is 52.1 Å². The molecule has 2 atom stereocenters. The van der Waals surface area contributed by atoms with Gasteiger partial charge in [-0.3, -0.25) is 18.6 Å². The Hall–Kier alpha value is -0.990. The van der Waals surface area contributed by atoms with Crippen LogP contribution in [0.1, 0.15) is 46.0 Å². The third kappa shape index (κ3) is 13.4. The van der Waals surface area contributed by atoms with E-state index in [1.54, 1.807) is 6.92 Å². The van der Waals surface area contributed by atoms with Gasteiger partial charge in [0.2, 0.25) is 5.91 Å². The summed E-state index contributed by atoms with van der Waals surface area (Å²) in [5, 5.41) is 12.0. The highest BCUT2D eigenvalue weighted by Gasteiger charge is 2.23. The minimum atomic E-state index is -4.34. The molecular formula is C14H28NO8P. The predicted octanol–water partition coefficient (Wildman–Crippen LogP) is 1.13. The summed E-state index contributed by atoms with van der Waals surface area (Å²) >= 11 is 0. The standard InChI is InChI=1S/C14H28NO8P/c1-3-5-6-7-14(18)21-10-12(16)11-23-24(19,20)22-9-8-15-13(17)4-2/h12,16H,3-11H2,1-2H3,(H,15,17)(H,19,20). The van der Waals surface area contributed by atoms with E-state index < -0.39 is 26.5 Å². The zero-order valence-corrected chi connectivity index (χ0v) is 15.1. The average Bonchev–Trinajstić information content (AvgIpc) is 2.55. The summed E-state index contributed by atoms with van der Waals surface area (Å²) < 4.78 is 25.6. The lowest BCUT2D eigenvalue weighted by atomic mass is 10.2. The second-order valence-electron chi connectivity index (χ2n) is 5.09. The van der Waals surface area contributed by atoms with Crippen LogP contribution in [-0.2, 0) is 27.9 Å². The Labute approximate surface area is 142 Å². The minimum absolute atomic E-state index is 0.0680. The number of carbonyl (C=O) groups is 2. The van der Waals surface area contributed by atoms with Crippen molar-refractivity contribution in [3.63, 3.8) is 0 Å². The summed E-state index contributed by atoms with van der Waals surface area (Å²) in [6, 6.07) is 0. The molecule has 0 heterocycles. The molecule has 1 amide bonds. The van der Waals surface area contributed by atoms with Crippen LogP contribution >= 0.6 is 7.82 Å². The van der Waals surface area contributed by atoms with Crippen molar-refractivity contribution >= 4 is 19.7 Å². The van der Waals surface area contributed by atoms with E-state index in [1.807, 2.05) is 6.92 Å². The number of carbonyl (C=O) groups excluding carboxylic acids is 2. The Bertz CT molecular complexity index is 418. The molecule has 0 saturated carbocycles. The molecule has 24 heavy (non-hydrogen) atoms. The minimum Gasteiger partial charge on any atom is -0.463 e. The zero-order chi connectivity index (χ0) is 18.4. The van der Waals surface area contributed by atoms with Crippen molar-refractivity contribution in [3.05, 3.63) is 0 Å². The zero-order valence-electron chi connectivity index (χ0n) is 14.2. The first-order valence-corrected chi connectivity index (χ1v) is 9.52. The second kappa shape index (κ2) is 13.3. The summed E-state index contributed by atoms with van der Waals surface area (Å²) in [5.41, 5.74) is 0. The molecular weight excluding hydrogens is 341 g/mol. The summed E-state index contributed by atoms with van der Waals surface area (Å²) in [7, 11) is -4.34. The predicted molar refractivity (Wildman–Crippen MR) is 86.1 cm³/mol. The molecule has 0 aliphatic carbocycles. The Morgan fingerprint density at radius 2 is 1.88 bits per heavy atom. The third-order valence-electron chi connectivity index (χ3n) is 2.85. The molecule has 0 aliphatic heterocycles. The van der Waals surface area contributed by atoms with Crippen LogP contribution in [0.4, 0.5) is 0 Å². The molecule has 0 radical (unpaired) electrons. The first kappa shape index (κ1) is 23.0. The third-order valence-corrected chi connectivity index (χ3v) is 3.84. The Morgan fingerprint density at radius 3 is 2.50 bits per heavy atom. The van der Waals surface area contributed by atoms with Crippen LogP contribution in [0.2, 0.25) is 0 Å². The Balaban J connectivity index is 3.82. The van der Waals surface area contributed by atoms with Gasteiger partial charge in [0, 0.05) is 19.4 Å². The number of amides is 1. The van der Waals surface area contributed by atoms with Crippen molar-refractivity contribution in [1.82, 2.24) is 5.32 Å². The Morgan fingerprint density at radius 1 is 1.17 bits per heavy atom. The molecule has 0 fully saturated rings. The van der Waals surface area contributed by atoms with Gasteiger partial charge >= 0.3 is 13.8 Å². The first-order chi connectivity index (χ1) is 11.3. The van der Waals surface area contributed by atoms with Gasteiger partial charge in [-0.1, -0.05) is 26.7 Å². The van der Waals surface area contributed by atoms with E-state index in [9.17, 15) is 24.2 Å². The highest BCUT2D eigenvalue weighted by Crippen LogP contribution is 2.42. The van der Waals surface area contributed by atoms with Crippen LogP contribution in [0.3, 0.4) is 0 Å². The van der Waals surface area contributed by atoms with E-state index in [0.29, 0.717) is 6.42 Å². The molecule has 0 spiro atoms. The number of unbranched alkanes of at least 4 members (excludes halogenated alkanes) is 2. The van der Waals surface area contributed by atoms with Gasteiger partial charge in [0.1, 0.15) is 12.7 Å². The monoisotopic (exact) mass is 369 g/mol. The second-order valence-corrected chi connectivity index (χ2v) is 6.55. The number of phosphoric ester groups is 1. The van der Waals surface area contributed by atoms with Gasteiger partial charge in [0.05, 0.1) is 13.2 Å². The molecule has 3 N–H and O–H groups in total. The number of phosphoric acid groups is 1. The summed E-state index contributed by atoms with van der Waals surface area (Å²) in [6.45, 7) is 2.71. The fourth-order valence-corrected chi connectivity index (χ4v) is 2.28. The van der Waals surface area contributed by atoms with Crippen LogP contribution in [0.5, 0.6) is 0 Å². The van der Waals surface area contributed by atoms with Crippen molar-refractivity contribution in [3.8, 4) is 0 Å². The number of nitrogens with one attached hydrogen (secondary N) is 1. The maximum atomic E-state index is 11.5. The van der Waals surface area contributed by atoms with Crippen LogP contribution < -0.4 is 5.32 Å². The SMILES string of the molecule is CCCCCC(=O)OCC(O)COP(=O)(O)OCCNC(=O)CC. The van der Waals surface area contributed by atoms with E-state index in [2.05, 4.69) is 14.4 Å². The van der Waals surface area contributed by atoms with Crippen LogP contribution in [0, 0.1) is 0 Å². The van der Waals surface area contributed by atoms with Gasteiger partial charge in [-0.05, 0) is 6.42 Å². The average molecular weight is 369 g/mol. The number of aliphatic hydroxyl groups is 1. The van der Waals surface area contributed by atoms with Crippen LogP contribution in [-0.4, -0.2) is 54.3 Å². The largest absolute Gasteiger partial charge is 0.472 e. The van der Waals surface area contributed by atoms with Crippen molar-refractivity contribution in [2.75, 3.05) is 26.4 Å². The van der Waals surface area contributed by atoms with Crippen molar-refractivity contribution in [1.29, 1.82) is 0 Å². The van der Waals surface area contributed by atoms with E-state index in [4.69, 9.17) is 4.74 Å². The van der Waals surface area contributed by atoms with Gasteiger partial charge in [0.15, 0.2) is 0 Å². The van der Waals surface area contributed by atoms with Gasteiger partial charge in [0.25, 0.3) is 0 Å². The highest BCUT2D eigenvalue weighted by molar-refractivity contribution is 7.47. The van der Waals surface area contributed by atoms with E-state index in [-0.39, 0.29) is 32.1 Å². The number of hydrogen-bond donors (Lipinski definition) is 3. The van der Waals surface area contributed by atoms with Crippen LogP contribution in [0.15, 0.2) is 0 Å². The number of hydrogen-bond acceptors (Lipinski definition) is 7. The molecule has 0 aromatic rings. The molecule has 9 nitrogen and oxygen atoms in total. The van der Waals surface area contributed by atoms with Crippen molar-refractivity contribution < 1.29 is 37.9 Å². The normalized spacial score (nSPS) is 14.7. The molecule has 0 bridgehead atoms. The molecule has 10 heteroatoms. The quantitative estimate of drug-likeness (QED) is 0.236. The first-order valence-electron chi connectivity index (χ1n) is 8.03. The molecule has 142 valence electrons. The molecule has 0 rings (SSSR count). The topological polar surface area (TPSA) is 131 Å². The summed E-state index contributed by atoms with van der Waals surface area (Å²) in [5.74, 6) is -0.638. The molecule has 0 aliphatic rings. The lowest BCUT2D eigenvalue weighted by Crippen LogP contribution is -2.26. The van der Waals surface area contributed by atoms with Gasteiger partial charge < -0.3 is 20.1 Å². The summed E-state index contributed by atoms with van der Waals surface area (Å²) in [4.78, 5) is 31.7. The van der Waals surface area contributed by atoms with E-state index in [1.165, 1.54) is 0 Å². The molecule has 2 unspecified atom stereocenters. The maximum absolute atomic E-state index is 11.5. The lowest BCUT2D eigenvalue weighted by molar-refractivity contribution is -0.147. The van der Waals surface area contributed by atoms with Crippen LogP contribution in [0.25, 0.3) is 0 Å². The Kier molecular flexibility index (Phi) is 12.8. The van der Waals surface area contributed by atoms with Gasteiger partial charge in [-0.25, -0.2) is 4.57 Å². The van der Waals surface area contributed by atoms with E-state index >= 15 is 0 Å². The maximum Gasteiger partial charge on any atom is 0.472 e. The highest BCUT2D eigenvalue weighted by atomic mass is 31.2. The molecule has 0 aromatic heterocycles. The molecule has 0 saturated heterocycles. The number of rotatable bonds is 14. The smallest absolute Gasteiger partial charge is 0.463 e. The van der Waals surface area contributed by atoms with Crippen molar-refractivity contribution in [2.24, 2.45) is 0 Å². The lowest BCUT2D eigenvalue weighted by Gasteiger charge is -2.15. The summed E-state index contributed by atoms with van der Waals surface area (Å²) in [6.07, 6.45) is 1.96. The molecule has 0 aromatic carbocycles. The number of esters is 1. The number of ether oxygens (including phenoxy) is 1. The van der Waals surface area contributed by atoms with E-state index in [0.717, 1.165) is 19.3 Å². The van der Waals surface area contributed by atoms with Gasteiger partial charge in [-0.2, -0.15) is 0 Å².